The molecule has 2 heterocycles. The first kappa shape index (κ1) is 20.2. The van der Waals surface area contributed by atoms with Crippen molar-refractivity contribution in [1.82, 2.24) is 4.90 Å². The van der Waals surface area contributed by atoms with Gasteiger partial charge in [-0.1, -0.05) is 30.3 Å². The van der Waals surface area contributed by atoms with E-state index in [0.29, 0.717) is 16.1 Å². The third-order valence-corrected chi connectivity index (χ3v) is 5.79. The quantitative estimate of drug-likeness (QED) is 0.569. The molecule has 1 aliphatic heterocycles. The third kappa shape index (κ3) is 4.66. The van der Waals surface area contributed by atoms with Gasteiger partial charge < -0.3 is 15.0 Å². The van der Waals surface area contributed by atoms with Crippen molar-refractivity contribution in [3.63, 3.8) is 0 Å². The Balaban J connectivity index is 1.71. The van der Waals surface area contributed by atoms with Gasteiger partial charge in [-0.2, -0.15) is 0 Å². The van der Waals surface area contributed by atoms with Crippen molar-refractivity contribution in [3.05, 3.63) is 51.9 Å². The minimum absolute atomic E-state index is 0.0679. The SMILES string of the molecule is CCOC(=O)c1c(NC(=O)CCC(=O)c2ccccc2)sc2c1CCN(C)C2. The lowest BCUT2D eigenvalue weighted by Crippen LogP contribution is -2.26. The Morgan fingerprint density at radius 2 is 1.93 bits per heavy atom. The maximum atomic E-state index is 12.5. The number of hydrogen-bond acceptors (Lipinski definition) is 6. The smallest absolute Gasteiger partial charge is 0.341 e. The zero-order valence-corrected chi connectivity index (χ0v) is 16.9. The maximum Gasteiger partial charge on any atom is 0.341 e. The second kappa shape index (κ2) is 9.12. The van der Waals surface area contributed by atoms with Gasteiger partial charge in [0.25, 0.3) is 0 Å². The number of fused-ring (bicyclic) bond motifs is 1. The summed E-state index contributed by atoms with van der Waals surface area (Å²) in [5, 5.41) is 3.36. The Hall–Kier alpha value is -2.51. The molecule has 1 aliphatic rings. The largest absolute Gasteiger partial charge is 0.462 e. The Bertz CT molecular complexity index is 876. The van der Waals surface area contributed by atoms with Crippen LogP contribution in [0.15, 0.2) is 30.3 Å². The van der Waals surface area contributed by atoms with Crippen LogP contribution in [0.1, 0.15) is 50.9 Å². The fourth-order valence-corrected chi connectivity index (χ4v) is 4.56. The van der Waals surface area contributed by atoms with Crippen molar-refractivity contribution >= 4 is 34.0 Å². The number of carbonyl (C=O) groups excluding carboxylic acids is 3. The summed E-state index contributed by atoms with van der Waals surface area (Å²) in [7, 11) is 2.03. The van der Waals surface area contributed by atoms with Crippen molar-refractivity contribution in [2.45, 2.75) is 32.7 Å². The first-order chi connectivity index (χ1) is 13.5. The van der Waals surface area contributed by atoms with Gasteiger partial charge in [0.2, 0.25) is 5.91 Å². The summed E-state index contributed by atoms with van der Waals surface area (Å²) < 4.78 is 5.21. The van der Waals surface area contributed by atoms with Crippen molar-refractivity contribution in [2.75, 3.05) is 25.5 Å². The first-order valence-corrected chi connectivity index (χ1v) is 10.2. The van der Waals surface area contributed by atoms with E-state index in [-0.39, 0.29) is 31.1 Å². The lowest BCUT2D eigenvalue weighted by atomic mass is 10.0. The fraction of sp³-hybridized carbons (Fsp3) is 0.381. The average molecular weight is 401 g/mol. The molecule has 0 saturated heterocycles. The van der Waals surface area contributed by atoms with E-state index in [9.17, 15) is 14.4 Å². The molecule has 0 saturated carbocycles. The first-order valence-electron chi connectivity index (χ1n) is 9.38. The van der Waals surface area contributed by atoms with Crippen LogP contribution in [0, 0.1) is 0 Å². The number of carbonyl (C=O) groups is 3. The maximum absolute atomic E-state index is 12.5. The molecule has 28 heavy (non-hydrogen) atoms. The highest BCUT2D eigenvalue weighted by atomic mass is 32.1. The molecule has 148 valence electrons. The highest BCUT2D eigenvalue weighted by Gasteiger charge is 2.28. The molecule has 1 aromatic carbocycles. The van der Waals surface area contributed by atoms with Crippen LogP contribution in [0.3, 0.4) is 0 Å². The van der Waals surface area contributed by atoms with Gasteiger partial charge in [0, 0.05) is 36.4 Å². The molecular formula is C21H24N2O4S. The van der Waals surface area contributed by atoms with Crippen LogP contribution in [0.2, 0.25) is 0 Å². The Labute approximate surface area is 168 Å². The second-order valence-electron chi connectivity index (χ2n) is 6.75. The molecule has 0 fully saturated rings. The molecule has 0 aliphatic carbocycles. The number of nitrogens with one attached hydrogen (secondary N) is 1. The number of ether oxygens (including phenoxy) is 1. The van der Waals surface area contributed by atoms with Crippen LogP contribution < -0.4 is 5.32 Å². The van der Waals surface area contributed by atoms with Gasteiger partial charge in [-0.3, -0.25) is 9.59 Å². The second-order valence-corrected chi connectivity index (χ2v) is 7.86. The number of anilines is 1. The Morgan fingerprint density at radius 3 is 2.64 bits per heavy atom. The van der Waals surface area contributed by atoms with Gasteiger partial charge in [0.1, 0.15) is 5.00 Å². The molecule has 3 rings (SSSR count). The lowest BCUT2D eigenvalue weighted by molar-refractivity contribution is -0.116. The van der Waals surface area contributed by atoms with Gasteiger partial charge in [0.15, 0.2) is 5.78 Å². The fourth-order valence-electron chi connectivity index (χ4n) is 3.22. The average Bonchev–Trinajstić information content (AvgIpc) is 3.03. The predicted octanol–water partition coefficient (Wildman–Crippen LogP) is 3.51. The van der Waals surface area contributed by atoms with E-state index in [1.54, 1.807) is 31.2 Å². The van der Waals surface area contributed by atoms with Gasteiger partial charge >= 0.3 is 5.97 Å². The van der Waals surface area contributed by atoms with Gasteiger partial charge in [-0.05, 0) is 26.0 Å². The predicted molar refractivity (Wildman–Crippen MR) is 109 cm³/mol. The molecule has 0 unspecified atom stereocenters. The summed E-state index contributed by atoms with van der Waals surface area (Å²) in [6.45, 7) is 3.64. The number of ketones is 1. The van der Waals surface area contributed by atoms with E-state index in [1.165, 1.54) is 11.3 Å². The lowest BCUT2D eigenvalue weighted by Gasteiger charge is -2.22. The minimum Gasteiger partial charge on any atom is -0.462 e. The molecule has 1 aromatic heterocycles. The molecule has 2 aromatic rings. The van der Waals surface area contributed by atoms with E-state index in [1.807, 2.05) is 13.1 Å². The number of likely N-dealkylation sites (N-methyl/N-ethyl adjacent to an activating group) is 1. The zero-order chi connectivity index (χ0) is 20.1. The van der Waals surface area contributed by atoms with E-state index >= 15 is 0 Å². The molecule has 0 atom stereocenters. The summed E-state index contributed by atoms with van der Waals surface area (Å²) in [5.74, 6) is -0.754. The molecule has 0 bridgehead atoms. The van der Waals surface area contributed by atoms with Crippen LogP contribution in [0.5, 0.6) is 0 Å². The minimum atomic E-state index is -0.403. The number of rotatable bonds is 7. The van der Waals surface area contributed by atoms with Crippen LogP contribution in [0.25, 0.3) is 0 Å². The molecule has 0 spiro atoms. The van der Waals surface area contributed by atoms with Gasteiger partial charge in [-0.15, -0.1) is 11.3 Å². The topological polar surface area (TPSA) is 75.7 Å². The van der Waals surface area contributed by atoms with Gasteiger partial charge in [-0.25, -0.2) is 4.79 Å². The summed E-state index contributed by atoms with van der Waals surface area (Å²) in [4.78, 5) is 40.4. The normalized spacial score (nSPS) is 13.6. The summed E-state index contributed by atoms with van der Waals surface area (Å²) in [6.07, 6.45) is 0.940. The van der Waals surface area contributed by atoms with Crippen molar-refractivity contribution in [1.29, 1.82) is 0 Å². The number of amides is 1. The van der Waals surface area contributed by atoms with Crippen LogP contribution in [0.4, 0.5) is 5.00 Å². The van der Waals surface area contributed by atoms with E-state index in [2.05, 4.69) is 10.2 Å². The summed E-state index contributed by atoms with van der Waals surface area (Å²) in [6, 6.07) is 8.92. The number of esters is 1. The summed E-state index contributed by atoms with van der Waals surface area (Å²) >= 11 is 1.42. The van der Waals surface area contributed by atoms with E-state index < -0.39 is 5.97 Å². The number of Topliss-reactive ketones (excluding diaryl/α,β-unsaturated/α-hetero) is 1. The van der Waals surface area contributed by atoms with Crippen molar-refractivity contribution in [2.24, 2.45) is 0 Å². The number of thiophene rings is 1. The zero-order valence-electron chi connectivity index (χ0n) is 16.1. The van der Waals surface area contributed by atoms with Crippen LogP contribution in [-0.4, -0.2) is 42.8 Å². The molecule has 1 amide bonds. The van der Waals surface area contributed by atoms with Crippen molar-refractivity contribution < 1.29 is 19.1 Å². The van der Waals surface area contributed by atoms with E-state index in [4.69, 9.17) is 4.74 Å². The van der Waals surface area contributed by atoms with Crippen LogP contribution >= 0.6 is 11.3 Å². The molecule has 7 heteroatoms. The molecule has 1 N–H and O–H groups in total. The molecule has 6 nitrogen and oxygen atoms in total. The number of hydrogen-bond donors (Lipinski definition) is 1. The monoisotopic (exact) mass is 400 g/mol. The van der Waals surface area contributed by atoms with Crippen molar-refractivity contribution in [3.8, 4) is 0 Å². The Morgan fingerprint density at radius 1 is 1.18 bits per heavy atom. The third-order valence-electron chi connectivity index (χ3n) is 4.66. The van der Waals surface area contributed by atoms with Crippen LogP contribution in [-0.2, 0) is 22.5 Å². The number of nitrogens with zero attached hydrogens (tertiary/aromatic N) is 1. The summed E-state index contributed by atoms with van der Waals surface area (Å²) in [5.41, 5.74) is 2.03. The number of benzene rings is 1. The van der Waals surface area contributed by atoms with E-state index in [0.717, 1.165) is 30.0 Å². The highest BCUT2D eigenvalue weighted by molar-refractivity contribution is 7.17. The molecular weight excluding hydrogens is 376 g/mol. The standard InChI is InChI=1S/C21H24N2O4S/c1-3-27-21(26)19-15-11-12-23(2)13-17(15)28-20(19)22-18(25)10-9-16(24)14-7-5-4-6-8-14/h4-8H,3,9-13H2,1-2H3,(H,22,25). The Kier molecular flexibility index (Phi) is 6.59. The van der Waals surface area contributed by atoms with Gasteiger partial charge in [0.05, 0.1) is 12.2 Å². The highest BCUT2D eigenvalue weighted by Crippen LogP contribution is 2.37. The molecule has 0 radical (unpaired) electrons.